The van der Waals surface area contributed by atoms with Gasteiger partial charge in [0, 0.05) is 31.1 Å². The van der Waals surface area contributed by atoms with E-state index in [2.05, 4.69) is 5.32 Å². The van der Waals surface area contributed by atoms with Crippen molar-refractivity contribution in [3.63, 3.8) is 0 Å². The van der Waals surface area contributed by atoms with Crippen LogP contribution in [0.3, 0.4) is 0 Å². The molecule has 0 spiro atoms. The molecule has 3 aromatic rings. The van der Waals surface area contributed by atoms with Gasteiger partial charge in [-0.1, -0.05) is 48.5 Å². The number of benzene rings is 3. The number of methoxy groups -OCH3 is 2. The third kappa shape index (κ3) is 5.17. The predicted molar refractivity (Wildman–Crippen MR) is 126 cm³/mol. The van der Waals surface area contributed by atoms with Crippen LogP contribution >= 0.6 is 0 Å². The molecule has 6 nitrogen and oxygen atoms in total. The maximum Gasteiger partial charge on any atom is 0.254 e. The molecule has 0 bridgehead atoms. The number of nitrogens with zero attached hydrogens (tertiary/aromatic N) is 1. The second-order valence-electron chi connectivity index (χ2n) is 8.14. The molecule has 1 aliphatic heterocycles. The molecule has 2 atom stereocenters. The lowest BCUT2D eigenvalue weighted by Crippen LogP contribution is -2.35. The Labute approximate surface area is 194 Å². The molecule has 3 aromatic carbocycles. The highest BCUT2D eigenvalue weighted by atomic mass is 16.5. The largest absolute Gasteiger partial charge is 0.497 e. The van der Waals surface area contributed by atoms with Crippen LogP contribution in [0.15, 0.2) is 78.9 Å². The summed E-state index contributed by atoms with van der Waals surface area (Å²) < 4.78 is 10.7. The highest BCUT2D eigenvalue weighted by Gasteiger charge is 2.40. The maximum absolute atomic E-state index is 13.3. The Hall–Kier alpha value is -3.80. The van der Waals surface area contributed by atoms with Crippen LogP contribution in [0.5, 0.6) is 11.5 Å². The van der Waals surface area contributed by atoms with Crippen molar-refractivity contribution in [2.45, 2.75) is 12.5 Å². The Morgan fingerprint density at radius 3 is 2.30 bits per heavy atom. The molecule has 1 heterocycles. The van der Waals surface area contributed by atoms with Gasteiger partial charge in [0.05, 0.1) is 20.1 Å². The number of hydrogen-bond donors (Lipinski definition) is 1. The molecule has 0 aromatic heterocycles. The summed E-state index contributed by atoms with van der Waals surface area (Å²) in [4.78, 5) is 28.3. The van der Waals surface area contributed by atoms with E-state index in [0.29, 0.717) is 30.9 Å². The second kappa shape index (κ2) is 10.2. The zero-order chi connectivity index (χ0) is 23.2. The smallest absolute Gasteiger partial charge is 0.254 e. The van der Waals surface area contributed by atoms with E-state index in [1.165, 1.54) is 0 Å². The summed E-state index contributed by atoms with van der Waals surface area (Å²) in [6.45, 7) is 1.25. The monoisotopic (exact) mass is 444 g/mol. The van der Waals surface area contributed by atoms with Crippen LogP contribution in [0.25, 0.3) is 0 Å². The molecule has 1 fully saturated rings. The number of nitrogens with one attached hydrogen (secondary N) is 1. The van der Waals surface area contributed by atoms with Gasteiger partial charge < -0.3 is 19.7 Å². The van der Waals surface area contributed by atoms with E-state index in [-0.39, 0.29) is 23.7 Å². The zero-order valence-corrected chi connectivity index (χ0v) is 18.9. The predicted octanol–water partition coefficient (Wildman–Crippen LogP) is 3.88. The summed E-state index contributed by atoms with van der Waals surface area (Å²) in [6, 6.07) is 24.6. The first-order chi connectivity index (χ1) is 16.1. The molecule has 1 saturated heterocycles. The maximum atomic E-state index is 13.3. The van der Waals surface area contributed by atoms with Gasteiger partial charge in [-0.15, -0.1) is 0 Å². The van der Waals surface area contributed by atoms with Crippen LogP contribution in [0.2, 0.25) is 0 Å². The summed E-state index contributed by atoms with van der Waals surface area (Å²) >= 11 is 0. The quantitative estimate of drug-likeness (QED) is 0.601. The molecule has 4 rings (SSSR count). The standard InChI is InChI=1S/C27H28N2O4/c1-32-22-12-6-10-20(14-22)24-17-29(27(31)21-11-7-13-23(15-21)33-2)18-25(24)26(30)28-16-19-8-4-3-5-9-19/h3-15,24-25H,16-18H2,1-2H3,(H,28,30)/t24-,25+/m0/s1. The molecule has 0 unspecified atom stereocenters. The number of ether oxygens (including phenoxy) is 2. The van der Waals surface area contributed by atoms with Gasteiger partial charge in [-0.3, -0.25) is 9.59 Å². The minimum Gasteiger partial charge on any atom is -0.497 e. The lowest BCUT2D eigenvalue weighted by atomic mass is 9.88. The van der Waals surface area contributed by atoms with Gasteiger partial charge in [0.15, 0.2) is 0 Å². The van der Waals surface area contributed by atoms with Crippen molar-refractivity contribution in [1.29, 1.82) is 0 Å². The first-order valence-corrected chi connectivity index (χ1v) is 11.0. The summed E-state index contributed by atoms with van der Waals surface area (Å²) in [6.07, 6.45) is 0. The number of likely N-dealkylation sites (tertiary alicyclic amines) is 1. The molecule has 0 saturated carbocycles. The van der Waals surface area contributed by atoms with E-state index in [1.807, 2.05) is 54.6 Å². The van der Waals surface area contributed by atoms with E-state index in [4.69, 9.17) is 9.47 Å². The Balaban J connectivity index is 1.57. The number of amides is 2. The van der Waals surface area contributed by atoms with Gasteiger partial charge in [-0.25, -0.2) is 0 Å². The average Bonchev–Trinajstić information content (AvgIpc) is 3.33. The fraction of sp³-hybridized carbons (Fsp3) is 0.259. The summed E-state index contributed by atoms with van der Waals surface area (Å²) in [5, 5.41) is 3.06. The highest BCUT2D eigenvalue weighted by molar-refractivity contribution is 5.95. The van der Waals surface area contributed by atoms with Crippen LogP contribution in [0.4, 0.5) is 0 Å². The molecule has 6 heteroatoms. The number of hydrogen-bond acceptors (Lipinski definition) is 4. The average molecular weight is 445 g/mol. The molecule has 2 amide bonds. The van der Waals surface area contributed by atoms with Gasteiger partial charge in [0.2, 0.25) is 5.91 Å². The van der Waals surface area contributed by atoms with Crippen molar-refractivity contribution in [2.24, 2.45) is 5.92 Å². The van der Waals surface area contributed by atoms with E-state index in [0.717, 1.165) is 16.9 Å². The van der Waals surface area contributed by atoms with Gasteiger partial charge >= 0.3 is 0 Å². The van der Waals surface area contributed by atoms with Crippen LogP contribution in [-0.2, 0) is 11.3 Å². The Morgan fingerprint density at radius 1 is 0.879 bits per heavy atom. The molecule has 0 aliphatic carbocycles. The number of carbonyl (C=O) groups excluding carboxylic acids is 2. The van der Waals surface area contributed by atoms with Gasteiger partial charge in [0.1, 0.15) is 11.5 Å². The molecular weight excluding hydrogens is 416 g/mol. The van der Waals surface area contributed by atoms with Crippen molar-refractivity contribution >= 4 is 11.8 Å². The minimum absolute atomic E-state index is 0.0624. The lowest BCUT2D eigenvalue weighted by molar-refractivity contribution is -0.125. The van der Waals surface area contributed by atoms with Crippen LogP contribution < -0.4 is 14.8 Å². The van der Waals surface area contributed by atoms with E-state index < -0.39 is 0 Å². The Kier molecular flexibility index (Phi) is 6.93. The first kappa shape index (κ1) is 22.4. The van der Waals surface area contributed by atoms with E-state index in [1.54, 1.807) is 43.4 Å². The van der Waals surface area contributed by atoms with Gasteiger partial charge in [-0.2, -0.15) is 0 Å². The van der Waals surface area contributed by atoms with Crippen LogP contribution in [0, 0.1) is 5.92 Å². The molecule has 0 radical (unpaired) electrons. The summed E-state index contributed by atoms with van der Waals surface area (Å²) in [5.74, 6) is 0.684. The zero-order valence-electron chi connectivity index (χ0n) is 18.9. The first-order valence-electron chi connectivity index (χ1n) is 11.0. The normalized spacial score (nSPS) is 17.5. The van der Waals surface area contributed by atoms with Crippen LogP contribution in [0.1, 0.15) is 27.4 Å². The van der Waals surface area contributed by atoms with E-state index in [9.17, 15) is 9.59 Å². The lowest BCUT2D eigenvalue weighted by Gasteiger charge is -2.18. The Bertz CT molecular complexity index is 1120. The van der Waals surface area contributed by atoms with Crippen LogP contribution in [-0.4, -0.2) is 44.0 Å². The Morgan fingerprint density at radius 2 is 1.58 bits per heavy atom. The third-order valence-corrected chi connectivity index (χ3v) is 6.09. The van der Waals surface area contributed by atoms with Crippen molar-refractivity contribution < 1.29 is 19.1 Å². The van der Waals surface area contributed by atoms with Crippen molar-refractivity contribution in [3.8, 4) is 11.5 Å². The molecular formula is C27H28N2O4. The topological polar surface area (TPSA) is 67.9 Å². The molecule has 1 aliphatic rings. The molecule has 170 valence electrons. The van der Waals surface area contributed by atoms with Crippen molar-refractivity contribution in [1.82, 2.24) is 10.2 Å². The van der Waals surface area contributed by atoms with E-state index >= 15 is 0 Å². The fourth-order valence-corrected chi connectivity index (χ4v) is 4.30. The van der Waals surface area contributed by atoms with Gasteiger partial charge in [0.25, 0.3) is 5.91 Å². The van der Waals surface area contributed by atoms with Gasteiger partial charge in [-0.05, 0) is 41.5 Å². The van der Waals surface area contributed by atoms with Crippen molar-refractivity contribution in [3.05, 3.63) is 95.6 Å². The number of carbonyl (C=O) groups is 2. The third-order valence-electron chi connectivity index (χ3n) is 6.09. The summed E-state index contributed by atoms with van der Waals surface area (Å²) in [5.41, 5.74) is 2.56. The second-order valence-corrected chi connectivity index (χ2v) is 8.14. The minimum atomic E-state index is -0.365. The molecule has 33 heavy (non-hydrogen) atoms. The van der Waals surface area contributed by atoms with Crippen molar-refractivity contribution in [2.75, 3.05) is 27.3 Å². The fourth-order valence-electron chi connectivity index (χ4n) is 4.30. The summed E-state index contributed by atoms with van der Waals surface area (Å²) in [7, 11) is 3.20. The highest BCUT2D eigenvalue weighted by Crippen LogP contribution is 2.35. The SMILES string of the molecule is COc1cccc(C(=O)N2C[C@@H](C(=O)NCc3ccccc3)[C@H](c3cccc(OC)c3)C2)c1. The molecule has 1 N–H and O–H groups in total. The number of rotatable bonds is 7.